The number of rotatable bonds is 3. The van der Waals surface area contributed by atoms with E-state index in [1.807, 2.05) is 0 Å². The first kappa shape index (κ1) is 13.8. The summed E-state index contributed by atoms with van der Waals surface area (Å²) in [6, 6.07) is 0. The second-order valence-corrected chi connectivity index (χ2v) is 5.57. The van der Waals surface area contributed by atoms with E-state index in [2.05, 4.69) is 15.3 Å². The number of hydrogen-bond donors (Lipinski definition) is 2. The molecule has 0 bridgehead atoms. The van der Waals surface area contributed by atoms with E-state index in [-0.39, 0.29) is 5.28 Å². The lowest BCUT2D eigenvalue weighted by Crippen LogP contribution is -2.36. The van der Waals surface area contributed by atoms with Gasteiger partial charge in [0.05, 0.1) is 11.8 Å². The third kappa shape index (κ3) is 3.70. The molecular formula is C12H17Cl2N3O. The van der Waals surface area contributed by atoms with Crippen molar-refractivity contribution in [3.8, 4) is 0 Å². The summed E-state index contributed by atoms with van der Waals surface area (Å²) in [5.74, 6) is 0.481. The Hall–Kier alpha value is -0.580. The van der Waals surface area contributed by atoms with Gasteiger partial charge in [-0.15, -0.1) is 0 Å². The van der Waals surface area contributed by atoms with Crippen molar-refractivity contribution in [2.45, 2.75) is 44.1 Å². The quantitative estimate of drug-likeness (QED) is 0.662. The van der Waals surface area contributed by atoms with Crippen LogP contribution >= 0.6 is 23.2 Å². The highest BCUT2D eigenvalue weighted by atomic mass is 35.5. The number of nitrogens with one attached hydrogen (secondary N) is 1. The molecule has 1 saturated carbocycles. The maximum absolute atomic E-state index is 10.5. The average molecular weight is 290 g/mol. The number of aromatic nitrogens is 2. The lowest BCUT2D eigenvalue weighted by atomic mass is 9.94. The van der Waals surface area contributed by atoms with Crippen LogP contribution in [-0.2, 0) is 0 Å². The number of aliphatic hydroxyl groups is 1. The molecule has 18 heavy (non-hydrogen) atoms. The molecule has 0 unspecified atom stereocenters. The van der Waals surface area contributed by atoms with Gasteiger partial charge >= 0.3 is 0 Å². The predicted molar refractivity (Wildman–Crippen MR) is 73.2 cm³/mol. The van der Waals surface area contributed by atoms with E-state index in [1.54, 1.807) is 0 Å². The van der Waals surface area contributed by atoms with Gasteiger partial charge in [0.1, 0.15) is 10.8 Å². The lowest BCUT2D eigenvalue weighted by molar-refractivity contribution is 0.0380. The van der Waals surface area contributed by atoms with Gasteiger partial charge in [0.2, 0.25) is 5.28 Å². The van der Waals surface area contributed by atoms with E-state index in [9.17, 15) is 5.11 Å². The third-order valence-corrected chi connectivity index (χ3v) is 3.79. The molecule has 0 spiro atoms. The first-order valence-corrected chi connectivity index (χ1v) is 6.99. The van der Waals surface area contributed by atoms with E-state index in [4.69, 9.17) is 23.2 Å². The van der Waals surface area contributed by atoms with Gasteiger partial charge in [-0.25, -0.2) is 4.98 Å². The molecule has 0 aliphatic heterocycles. The van der Waals surface area contributed by atoms with Crippen LogP contribution in [0.4, 0.5) is 5.82 Å². The Morgan fingerprint density at radius 3 is 2.56 bits per heavy atom. The van der Waals surface area contributed by atoms with Crippen molar-refractivity contribution in [2.24, 2.45) is 0 Å². The highest BCUT2D eigenvalue weighted by Crippen LogP contribution is 2.28. The first-order chi connectivity index (χ1) is 8.59. The van der Waals surface area contributed by atoms with Crippen LogP contribution in [0.15, 0.2) is 6.20 Å². The van der Waals surface area contributed by atoms with Gasteiger partial charge in [-0.2, -0.15) is 4.98 Å². The van der Waals surface area contributed by atoms with Crippen molar-refractivity contribution in [2.75, 3.05) is 11.9 Å². The first-order valence-electron chi connectivity index (χ1n) is 6.23. The molecule has 1 aromatic rings. The minimum Gasteiger partial charge on any atom is -0.388 e. The van der Waals surface area contributed by atoms with Crippen molar-refractivity contribution in [1.82, 2.24) is 9.97 Å². The smallest absolute Gasteiger partial charge is 0.224 e. The van der Waals surface area contributed by atoms with E-state index in [1.165, 1.54) is 19.0 Å². The van der Waals surface area contributed by atoms with Crippen molar-refractivity contribution in [1.29, 1.82) is 0 Å². The topological polar surface area (TPSA) is 58.0 Å². The predicted octanol–water partition coefficient (Wildman–Crippen LogP) is 3.28. The molecule has 1 fully saturated rings. The Morgan fingerprint density at radius 1 is 1.22 bits per heavy atom. The molecule has 0 saturated heterocycles. The second-order valence-electron chi connectivity index (χ2n) is 4.83. The summed E-state index contributed by atoms with van der Waals surface area (Å²) in [7, 11) is 0. The van der Waals surface area contributed by atoms with Crippen molar-refractivity contribution >= 4 is 29.0 Å². The van der Waals surface area contributed by atoms with Crippen LogP contribution < -0.4 is 5.32 Å². The zero-order valence-corrected chi connectivity index (χ0v) is 11.6. The van der Waals surface area contributed by atoms with E-state index in [0.29, 0.717) is 17.4 Å². The fourth-order valence-corrected chi connectivity index (χ4v) is 2.57. The van der Waals surface area contributed by atoms with Crippen LogP contribution in [0.3, 0.4) is 0 Å². The fraction of sp³-hybridized carbons (Fsp3) is 0.667. The van der Waals surface area contributed by atoms with Crippen LogP contribution in [-0.4, -0.2) is 27.2 Å². The largest absolute Gasteiger partial charge is 0.388 e. The molecule has 1 aromatic heterocycles. The molecule has 100 valence electrons. The van der Waals surface area contributed by atoms with Gasteiger partial charge < -0.3 is 10.4 Å². The second kappa shape index (κ2) is 6.04. The van der Waals surface area contributed by atoms with Gasteiger partial charge in [0.25, 0.3) is 0 Å². The van der Waals surface area contributed by atoms with E-state index in [0.717, 1.165) is 25.7 Å². The van der Waals surface area contributed by atoms with Crippen LogP contribution in [0.1, 0.15) is 38.5 Å². The summed E-state index contributed by atoms with van der Waals surface area (Å²) >= 11 is 11.7. The van der Waals surface area contributed by atoms with E-state index < -0.39 is 5.60 Å². The number of anilines is 1. The summed E-state index contributed by atoms with van der Waals surface area (Å²) in [4.78, 5) is 7.80. The number of halogens is 2. The molecule has 4 nitrogen and oxygen atoms in total. The Morgan fingerprint density at radius 2 is 1.89 bits per heavy atom. The van der Waals surface area contributed by atoms with Gasteiger partial charge in [-0.3, -0.25) is 0 Å². The average Bonchev–Trinajstić information content (AvgIpc) is 2.56. The molecule has 0 radical (unpaired) electrons. The lowest BCUT2D eigenvalue weighted by Gasteiger charge is -2.27. The van der Waals surface area contributed by atoms with Gasteiger partial charge in [0, 0.05) is 6.54 Å². The maximum atomic E-state index is 10.5. The molecule has 0 atom stereocenters. The Kier molecular flexibility index (Phi) is 4.65. The highest BCUT2D eigenvalue weighted by molar-refractivity contribution is 6.33. The standard InChI is InChI=1S/C12H17Cl2N3O/c13-9-7-15-11(14)17-10(9)16-8-12(18)5-3-1-2-4-6-12/h7,18H,1-6,8H2,(H,15,16,17). The van der Waals surface area contributed by atoms with E-state index >= 15 is 0 Å². The molecule has 6 heteroatoms. The third-order valence-electron chi connectivity index (χ3n) is 3.33. The van der Waals surface area contributed by atoms with Crippen LogP contribution in [0.2, 0.25) is 10.3 Å². The molecule has 1 aliphatic rings. The number of nitrogens with zero attached hydrogens (tertiary/aromatic N) is 2. The normalized spacial score (nSPS) is 19.3. The summed E-state index contributed by atoms with van der Waals surface area (Å²) in [5, 5.41) is 14.1. The molecule has 0 aromatic carbocycles. The van der Waals surface area contributed by atoms with Gasteiger partial charge in [0.15, 0.2) is 0 Å². The zero-order valence-electron chi connectivity index (χ0n) is 10.1. The highest BCUT2D eigenvalue weighted by Gasteiger charge is 2.28. The minimum atomic E-state index is -0.669. The van der Waals surface area contributed by atoms with Crippen LogP contribution in [0, 0.1) is 0 Å². The molecular weight excluding hydrogens is 273 g/mol. The Balaban J connectivity index is 1.99. The van der Waals surface area contributed by atoms with Gasteiger partial charge in [-0.05, 0) is 24.4 Å². The summed E-state index contributed by atoms with van der Waals surface area (Å²) in [6.45, 7) is 0.445. The molecule has 0 amide bonds. The fourth-order valence-electron chi connectivity index (χ4n) is 2.28. The summed E-state index contributed by atoms with van der Waals surface area (Å²) < 4.78 is 0. The maximum Gasteiger partial charge on any atom is 0.224 e. The number of hydrogen-bond acceptors (Lipinski definition) is 4. The van der Waals surface area contributed by atoms with Crippen molar-refractivity contribution in [3.05, 3.63) is 16.5 Å². The minimum absolute atomic E-state index is 0.148. The zero-order chi connectivity index (χ0) is 13.0. The molecule has 1 aliphatic carbocycles. The monoisotopic (exact) mass is 289 g/mol. The summed E-state index contributed by atoms with van der Waals surface area (Å²) in [5.41, 5.74) is -0.669. The van der Waals surface area contributed by atoms with Crippen molar-refractivity contribution < 1.29 is 5.11 Å². The Labute approximate surface area is 117 Å². The SMILES string of the molecule is OC1(CNc2nc(Cl)ncc2Cl)CCCCCC1. The Bertz CT molecular complexity index is 406. The van der Waals surface area contributed by atoms with Gasteiger partial charge in [-0.1, -0.05) is 37.3 Å². The molecule has 1 heterocycles. The summed E-state index contributed by atoms with van der Waals surface area (Å²) in [6.07, 6.45) is 7.61. The van der Waals surface area contributed by atoms with Crippen molar-refractivity contribution in [3.63, 3.8) is 0 Å². The van der Waals surface area contributed by atoms with Crippen LogP contribution in [0.5, 0.6) is 0 Å². The molecule has 2 rings (SSSR count). The molecule has 2 N–H and O–H groups in total. The van der Waals surface area contributed by atoms with Crippen LogP contribution in [0.25, 0.3) is 0 Å².